The molecule has 0 aliphatic carbocycles. The Bertz CT molecular complexity index is 1640. The van der Waals surface area contributed by atoms with Crippen LogP contribution in [0, 0.1) is 0 Å². The topological polar surface area (TPSA) is 82.4 Å². The number of nitrogens with zero attached hydrogens (tertiary/aromatic N) is 4. The van der Waals surface area contributed by atoms with Crippen LogP contribution in [0.2, 0.25) is 5.02 Å². The molecular formula is C24H21ClN4O3S. The summed E-state index contributed by atoms with van der Waals surface area (Å²) in [6, 6.07) is 12.6. The van der Waals surface area contributed by atoms with Crippen LogP contribution in [-0.4, -0.2) is 19.2 Å². The third-order valence-corrected chi connectivity index (χ3v) is 6.99. The minimum absolute atomic E-state index is 0.0723. The average Bonchev–Trinajstić information content (AvgIpc) is 3.24. The molecule has 0 saturated heterocycles. The highest BCUT2D eigenvalue weighted by Gasteiger charge is 2.17. The molecule has 0 radical (unpaired) electrons. The molecule has 0 amide bonds. The number of hydrogen-bond donors (Lipinski definition) is 0. The maximum absolute atomic E-state index is 13.0. The van der Waals surface area contributed by atoms with Crippen molar-refractivity contribution in [3.05, 3.63) is 79.4 Å². The SMILES string of the molecule is CCCn1c(=O)c2ccccc2n2c(SCc3cc(=O)oc4cc(CC)c(Cl)cc34)nnc12. The molecule has 0 N–H and O–H groups in total. The van der Waals surface area contributed by atoms with E-state index in [2.05, 4.69) is 10.2 Å². The minimum Gasteiger partial charge on any atom is -0.423 e. The Balaban J connectivity index is 1.63. The van der Waals surface area contributed by atoms with E-state index in [1.54, 1.807) is 4.57 Å². The van der Waals surface area contributed by atoms with Gasteiger partial charge in [0.25, 0.3) is 5.56 Å². The monoisotopic (exact) mass is 480 g/mol. The predicted molar refractivity (Wildman–Crippen MR) is 131 cm³/mol. The predicted octanol–water partition coefficient (Wildman–Crippen LogP) is 5.07. The molecule has 3 heterocycles. The molecule has 33 heavy (non-hydrogen) atoms. The molecule has 0 unspecified atom stereocenters. The number of halogens is 1. The van der Waals surface area contributed by atoms with E-state index in [0.29, 0.717) is 39.2 Å². The molecule has 0 atom stereocenters. The van der Waals surface area contributed by atoms with E-state index in [1.165, 1.54) is 17.8 Å². The number of para-hydroxylation sites is 1. The zero-order chi connectivity index (χ0) is 23.1. The number of fused-ring (bicyclic) bond motifs is 4. The van der Waals surface area contributed by atoms with Crippen molar-refractivity contribution in [2.24, 2.45) is 0 Å². The molecule has 0 aliphatic heterocycles. The van der Waals surface area contributed by atoms with Crippen LogP contribution in [0.25, 0.3) is 27.6 Å². The second kappa shape index (κ2) is 8.68. The molecule has 5 aromatic rings. The van der Waals surface area contributed by atoms with E-state index in [9.17, 15) is 9.59 Å². The second-order valence-corrected chi connectivity index (χ2v) is 9.11. The maximum Gasteiger partial charge on any atom is 0.336 e. The van der Waals surface area contributed by atoms with Crippen molar-refractivity contribution in [1.29, 1.82) is 0 Å². The van der Waals surface area contributed by atoms with Crippen LogP contribution < -0.4 is 11.2 Å². The van der Waals surface area contributed by atoms with Gasteiger partial charge in [0.05, 0.1) is 10.9 Å². The quantitative estimate of drug-likeness (QED) is 0.249. The number of aryl methyl sites for hydroxylation is 2. The van der Waals surface area contributed by atoms with Crippen LogP contribution in [0.3, 0.4) is 0 Å². The summed E-state index contributed by atoms with van der Waals surface area (Å²) in [5, 5.41) is 11.4. The standard InChI is InChI=1S/C24H21ClN4O3S/c1-3-9-28-22(31)16-7-5-6-8-19(16)29-23(28)26-27-24(29)33-13-15-11-21(30)32-20-10-14(4-2)18(25)12-17(15)20/h5-8,10-12H,3-4,9,13H2,1-2H3. The highest BCUT2D eigenvalue weighted by atomic mass is 35.5. The lowest BCUT2D eigenvalue weighted by Crippen LogP contribution is -2.23. The summed E-state index contributed by atoms with van der Waals surface area (Å²) in [5.41, 5.74) is 2.53. The Labute approximate surface area is 198 Å². The van der Waals surface area contributed by atoms with Gasteiger partial charge in [0.1, 0.15) is 5.58 Å². The molecule has 7 nitrogen and oxygen atoms in total. The second-order valence-electron chi connectivity index (χ2n) is 7.76. The molecule has 0 aliphatic rings. The van der Waals surface area contributed by atoms with Crippen molar-refractivity contribution < 1.29 is 4.42 Å². The van der Waals surface area contributed by atoms with Crippen molar-refractivity contribution in [3.8, 4) is 0 Å². The molecule has 9 heteroatoms. The lowest BCUT2D eigenvalue weighted by molar-refractivity contribution is 0.559. The van der Waals surface area contributed by atoms with E-state index in [0.717, 1.165) is 34.9 Å². The summed E-state index contributed by atoms with van der Waals surface area (Å²) in [6.07, 6.45) is 1.55. The number of hydrogen-bond acceptors (Lipinski definition) is 6. The fraction of sp³-hybridized carbons (Fsp3) is 0.250. The van der Waals surface area contributed by atoms with Crippen molar-refractivity contribution in [1.82, 2.24) is 19.2 Å². The van der Waals surface area contributed by atoms with Gasteiger partial charge in [-0.3, -0.25) is 13.8 Å². The molecule has 2 aromatic carbocycles. The third kappa shape index (κ3) is 3.73. The van der Waals surface area contributed by atoms with Gasteiger partial charge < -0.3 is 4.42 Å². The average molecular weight is 481 g/mol. The number of benzene rings is 2. The number of thioether (sulfide) groups is 1. The van der Waals surface area contributed by atoms with Crippen LogP contribution in [0.1, 0.15) is 31.4 Å². The summed E-state index contributed by atoms with van der Waals surface area (Å²) < 4.78 is 9.00. The highest BCUT2D eigenvalue weighted by molar-refractivity contribution is 7.98. The molecule has 0 spiro atoms. The maximum atomic E-state index is 13.0. The first kappa shape index (κ1) is 21.7. The first-order chi connectivity index (χ1) is 16.0. The van der Waals surface area contributed by atoms with Gasteiger partial charge in [-0.25, -0.2) is 4.79 Å². The van der Waals surface area contributed by atoms with Crippen LogP contribution >= 0.6 is 23.4 Å². The van der Waals surface area contributed by atoms with Crippen LogP contribution in [0.5, 0.6) is 0 Å². The Morgan fingerprint density at radius 3 is 2.64 bits per heavy atom. The summed E-state index contributed by atoms with van der Waals surface area (Å²) in [4.78, 5) is 25.2. The molecule has 168 valence electrons. The summed E-state index contributed by atoms with van der Waals surface area (Å²) in [5.74, 6) is 0.975. The van der Waals surface area contributed by atoms with E-state index in [1.807, 2.05) is 54.6 Å². The Morgan fingerprint density at radius 2 is 1.85 bits per heavy atom. The van der Waals surface area contributed by atoms with Gasteiger partial charge in [-0.1, -0.05) is 49.3 Å². The van der Waals surface area contributed by atoms with E-state index >= 15 is 0 Å². The lowest BCUT2D eigenvalue weighted by Gasteiger charge is -2.11. The Kier molecular flexibility index (Phi) is 5.72. The van der Waals surface area contributed by atoms with Crippen molar-refractivity contribution in [3.63, 3.8) is 0 Å². The number of aromatic nitrogens is 4. The van der Waals surface area contributed by atoms with Crippen molar-refractivity contribution in [2.75, 3.05) is 0 Å². The summed E-state index contributed by atoms with van der Waals surface area (Å²) >= 11 is 7.88. The Hall–Kier alpha value is -3.10. The minimum atomic E-state index is -0.407. The molecule has 0 saturated carbocycles. The van der Waals surface area contributed by atoms with Gasteiger partial charge in [-0.15, -0.1) is 10.2 Å². The summed E-state index contributed by atoms with van der Waals surface area (Å²) in [7, 11) is 0. The third-order valence-electron chi connectivity index (χ3n) is 5.66. The Morgan fingerprint density at radius 1 is 1.03 bits per heavy atom. The molecule has 3 aromatic heterocycles. The zero-order valence-corrected chi connectivity index (χ0v) is 19.7. The first-order valence-electron chi connectivity index (χ1n) is 10.8. The van der Waals surface area contributed by atoms with E-state index in [-0.39, 0.29) is 5.56 Å². The summed E-state index contributed by atoms with van der Waals surface area (Å²) in [6.45, 7) is 4.58. The lowest BCUT2D eigenvalue weighted by atomic mass is 10.1. The molecule has 0 fully saturated rings. The van der Waals surface area contributed by atoms with Crippen molar-refractivity contribution in [2.45, 2.75) is 44.1 Å². The smallest absolute Gasteiger partial charge is 0.336 e. The number of rotatable bonds is 6. The molecule has 5 rings (SSSR count). The van der Waals surface area contributed by atoms with Gasteiger partial charge in [0.15, 0.2) is 5.16 Å². The van der Waals surface area contributed by atoms with Crippen LogP contribution in [0.4, 0.5) is 0 Å². The molecular weight excluding hydrogens is 460 g/mol. The first-order valence-corrected chi connectivity index (χ1v) is 12.1. The van der Waals surface area contributed by atoms with Gasteiger partial charge in [0, 0.05) is 28.8 Å². The van der Waals surface area contributed by atoms with Crippen molar-refractivity contribution >= 4 is 51.0 Å². The van der Waals surface area contributed by atoms with Gasteiger partial charge in [0.2, 0.25) is 5.78 Å². The van der Waals surface area contributed by atoms with E-state index in [4.69, 9.17) is 16.0 Å². The highest BCUT2D eigenvalue weighted by Crippen LogP contribution is 2.30. The normalized spacial score (nSPS) is 11.7. The fourth-order valence-corrected chi connectivity index (χ4v) is 5.30. The van der Waals surface area contributed by atoms with Gasteiger partial charge in [-0.2, -0.15) is 0 Å². The van der Waals surface area contributed by atoms with Gasteiger partial charge >= 0.3 is 5.63 Å². The largest absolute Gasteiger partial charge is 0.423 e. The fourth-order valence-electron chi connectivity index (χ4n) is 4.07. The van der Waals surface area contributed by atoms with Crippen LogP contribution in [0.15, 0.2) is 61.6 Å². The zero-order valence-electron chi connectivity index (χ0n) is 18.2. The van der Waals surface area contributed by atoms with E-state index < -0.39 is 5.63 Å². The van der Waals surface area contributed by atoms with Crippen LogP contribution in [-0.2, 0) is 18.7 Å². The molecule has 0 bridgehead atoms. The van der Waals surface area contributed by atoms with Gasteiger partial charge in [-0.05, 0) is 48.2 Å².